The van der Waals surface area contributed by atoms with Gasteiger partial charge < -0.3 is 14.8 Å². The molecule has 0 bridgehead atoms. The fourth-order valence-electron chi connectivity index (χ4n) is 2.86. The van der Waals surface area contributed by atoms with E-state index in [1.54, 1.807) is 0 Å². The van der Waals surface area contributed by atoms with Gasteiger partial charge in [-0.05, 0) is 29.7 Å². The molecule has 0 aromatic heterocycles. The molecule has 108 valence electrons. The summed E-state index contributed by atoms with van der Waals surface area (Å²) in [6.07, 6.45) is 1.20. The van der Waals surface area contributed by atoms with Gasteiger partial charge >= 0.3 is 0 Å². The highest BCUT2D eigenvalue weighted by Gasteiger charge is 2.37. The minimum atomic E-state index is 0.255. The van der Waals surface area contributed by atoms with Crippen LogP contribution in [-0.4, -0.2) is 12.8 Å². The van der Waals surface area contributed by atoms with Gasteiger partial charge in [0.25, 0.3) is 0 Å². The fourth-order valence-corrected chi connectivity index (χ4v) is 3.15. The molecule has 2 atom stereocenters. The molecule has 1 saturated carbocycles. The number of fused-ring (bicyclic) bond motifs is 1. The highest BCUT2D eigenvalue weighted by molar-refractivity contribution is 6.32. The zero-order chi connectivity index (χ0) is 14.2. The molecule has 4 rings (SSSR count). The molecule has 0 amide bonds. The van der Waals surface area contributed by atoms with Crippen molar-refractivity contribution in [2.45, 2.75) is 24.9 Å². The predicted molar refractivity (Wildman–Crippen MR) is 82.0 cm³/mol. The molecular weight excluding hydrogens is 286 g/mol. The van der Waals surface area contributed by atoms with Crippen LogP contribution in [0.5, 0.6) is 11.5 Å². The average Bonchev–Trinajstić information content (AvgIpc) is 3.13. The van der Waals surface area contributed by atoms with Crippen LogP contribution in [0.4, 0.5) is 0 Å². The lowest BCUT2D eigenvalue weighted by molar-refractivity contribution is 0.174. The Balaban J connectivity index is 1.39. The average molecular weight is 302 g/mol. The normalized spacial score (nSPS) is 22.3. The Kier molecular flexibility index (Phi) is 3.24. The van der Waals surface area contributed by atoms with Crippen molar-refractivity contribution >= 4 is 11.6 Å². The van der Waals surface area contributed by atoms with Crippen LogP contribution in [-0.2, 0) is 6.54 Å². The smallest absolute Gasteiger partial charge is 0.231 e. The number of rotatable bonds is 4. The maximum absolute atomic E-state index is 6.20. The number of ether oxygens (including phenoxy) is 2. The van der Waals surface area contributed by atoms with Gasteiger partial charge in [0.2, 0.25) is 6.79 Å². The van der Waals surface area contributed by atoms with Crippen molar-refractivity contribution in [1.29, 1.82) is 0 Å². The molecule has 2 aliphatic rings. The Hall–Kier alpha value is -1.71. The Morgan fingerprint density at radius 1 is 1.14 bits per heavy atom. The maximum Gasteiger partial charge on any atom is 0.231 e. The van der Waals surface area contributed by atoms with Crippen molar-refractivity contribution in [1.82, 2.24) is 5.32 Å². The Morgan fingerprint density at radius 2 is 2.00 bits per heavy atom. The second kappa shape index (κ2) is 5.24. The molecule has 0 saturated heterocycles. The van der Waals surface area contributed by atoms with E-state index in [-0.39, 0.29) is 6.79 Å². The number of halogens is 1. The molecule has 1 aliphatic heterocycles. The summed E-state index contributed by atoms with van der Waals surface area (Å²) in [6, 6.07) is 15.2. The van der Waals surface area contributed by atoms with Gasteiger partial charge in [-0.25, -0.2) is 0 Å². The fraction of sp³-hybridized carbons (Fsp3) is 0.294. The van der Waals surface area contributed by atoms with Gasteiger partial charge in [0.05, 0.1) is 5.02 Å². The molecule has 21 heavy (non-hydrogen) atoms. The molecule has 2 unspecified atom stereocenters. The molecule has 0 spiro atoms. The summed E-state index contributed by atoms with van der Waals surface area (Å²) >= 11 is 6.20. The zero-order valence-corrected chi connectivity index (χ0v) is 12.3. The molecule has 2 aromatic rings. The summed E-state index contributed by atoms with van der Waals surface area (Å²) in [4.78, 5) is 0. The van der Waals surface area contributed by atoms with Crippen LogP contribution >= 0.6 is 11.6 Å². The summed E-state index contributed by atoms with van der Waals surface area (Å²) < 4.78 is 10.7. The quantitative estimate of drug-likeness (QED) is 0.934. The van der Waals surface area contributed by atoms with Gasteiger partial charge in [-0.3, -0.25) is 0 Å². The Labute approximate surface area is 128 Å². The summed E-state index contributed by atoms with van der Waals surface area (Å²) in [6.45, 7) is 1.05. The standard InChI is InChI=1S/C17H16ClNO2/c18-14-6-11(7-16-17(14)21-10-20-16)9-19-15-8-13(15)12-4-2-1-3-5-12/h1-7,13,15,19H,8-10H2. The first kappa shape index (κ1) is 13.0. The number of hydrogen-bond donors (Lipinski definition) is 1. The number of hydrogen-bond acceptors (Lipinski definition) is 3. The molecular formula is C17H16ClNO2. The highest BCUT2D eigenvalue weighted by Crippen LogP contribution is 2.42. The first-order valence-corrected chi connectivity index (χ1v) is 7.55. The lowest BCUT2D eigenvalue weighted by Crippen LogP contribution is -2.17. The number of benzene rings is 2. The van der Waals surface area contributed by atoms with Crippen LogP contribution in [0.15, 0.2) is 42.5 Å². The zero-order valence-electron chi connectivity index (χ0n) is 11.5. The molecule has 4 heteroatoms. The third-order valence-corrected chi connectivity index (χ3v) is 4.35. The Morgan fingerprint density at radius 3 is 2.86 bits per heavy atom. The SMILES string of the molecule is Clc1cc(CNC2CC2c2ccccc2)cc2c1OCO2. The van der Waals surface area contributed by atoms with Crippen LogP contribution in [0.1, 0.15) is 23.5 Å². The van der Waals surface area contributed by atoms with E-state index < -0.39 is 0 Å². The third kappa shape index (κ3) is 2.59. The van der Waals surface area contributed by atoms with Crippen molar-refractivity contribution in [2.24, 2.45) is 0 Å². The summed E-state index contributed by atoms with van der Waals surface area (Å²) in [5.74, 6) is 2.04. The van der Waals surface area contributed by atoms with Crippen LogP contribution in [0.25, 0.3) is 0 Å². The van der Waals surface area contributed by atoms with E-state index in [2.05, 4.69) is 35.6 Å². The van der Waals surface area contributed by atoms with Crippen LogP contribution in [0.2, 0.25) is 5.02 Å². The van der Waals surface area contributed by atoms with Crippen molar-refractivity contribution in [3.05, 3.63) is 58.6 Å². The van der Waals surface area contributed by atoms with Gasteiger partial charge in [0.15, 0.2) is 11.5 Å². The number of nitrogens with one attached hydrogen (secondary N) is 1. The largest absolute Gasteiger partial charge is 0.454 e. The van der Waals surface area contributed by atoms with Gasteiger partial charge in [-0.15, -0.1) is 0 Å². The first-order chi connectivity index (χ1) is 10.3. The molecule has 1 aliphatic carbocycles. The highest BCUT2D eigenvalue weighted by atomic mass is 35.5. The molecule has 3 nitrogen and oxygen atoms in total. The second-order valence-electron chi connectivity index (χ2n) is 5.55. The minimum Gasteiger partial charge on any atom is -0.454 e. The molecule has 0 radical (unpaired) electrons. The molecule has 2 aromatic carbocycles. The van der Waals surface area contributed by atoms with Gasteiger partial charge in [-0.2, -0.15) is 0 Å². The van der Waals surface area contributed by atoms with E-state index in [0.29, 0.717) is 22.7 Å². The van der Waals surface area contributed by atoms with Gasteiger partial charge in [0, 0.05) is 18.5 Å². The lowest BCUT2D eigenvalue weighted by atomic mass is 10.1. The predicted octanol–water partition coefficient (Wildman–Crippen LogP) is 3.71. The second-order valence-corrected chi connectivity index (χ2v) is 5.96. The third-order valence-electron chi connectivity index (χ3n) is 4.07. The van der Waals surface area contributed by atoms with Crippen LogP contribution in [0.3, 0.4) is 0 Å². The van der Waals surface area contributed by atoms with E-state index in [1.807, 2.05) is 12.1 Å². The summed E-state index contributed by atoms with van der Waals surface area (Å²) in [5.41, 5.74) is 2.54. The van der Waals surface area contributed by atoms with E-state index in [9.17, 15) is 0 Å². The van der Waals surface area contributed by atoms with Crippen molar-refractivity contribution in [3.8, 4) is 11.5 Å². The molecule has 1 heterocycles. The van der Waals surface area contributed by atoms with E-state index in [4.69, 9.17) is 21.1 Å². The van der Waals surface area contributed by atoms with Gasteiger partial charge in [0.1, 0.15) is 0 Å². The van der Waals surface area contributed by atoms with E-state index in [0.717, 1.165) is 17.9 Å². The lowest BCUT2D eigenvalue weighted by Gasteiger charge is -2.07. The topological polar surface area (TPSA) is 30.5 Å². The van der Waals surface area contributed by atoms with Crippen LogP contribution in [0, 0.1) is 0 Å². The summed E-state index contributed by atoms with van der Waals surface area (Å²) in [5, 5.41) is 4.21. The van der Waals surface area contributed by atoms with Crippen LogP contribution < -0.4 is 14.8 Å². The van der Waals surface area contributed by atoms with Crippen molar-refractivity contribution < 1.29 is 9.47 Å². The Bertz CT molecular complexity index is 659. The van der Waals surface area contributed by atoms with Gasteiger partial charge in [-0.1, -0.05) is 41.9 Å². The minimum absolute atomic E-state index is 0.255. The first-order valence-electron chi connectivity index (χ1n) is 7.17. The monoisotopic (exact) mass is 301 g/mol. The molecule has 1 fully saturated rings. The van der Waals surface area contributed by atoms with E-state index in [1.165, 1.54) is 12.0 Å². The van der Waals surface area contributed by atoms with Crippen molar-refractivity contribution in [3.63, 3.8) is 0 Å². The summed E-state index contributed by atoms with van der Waals surface area (Å²) in [7, 11) is 0. The van der Waals surface area contributed by atoms with E-state index >= 15 is 0 Å². The molecule has 1 N–H and O–H groups in total. The maximum atomic E-state index is 6.20. The van der Waals surface area contributed by atoms with Crippen molar-refractivity contribution in [2.75, 3.05) is 6.79 Å².